The Balaban J connectivity index is 1.59. The molecule has 0 spiro atoms. The Labute approximate surface area is 114 Å². The first-order valence-corrected chi connectivity index (χ1v) is 7.17. The SMILES string of the molecule is CN1CCCC(NCc2nc3ccccc3[nH]2)CC1. The van der Waals surface area contributed by atoms with Gasteiger partial charge in [0, 0.05) is 6.04 Å². The second-order valence-corrected chi connectivity index (χ2v) is 5.51. The third-order valence-corrected chi connectivity index (χ3v) is 3.95. The maximum absolute atomic E-state index is 4.61. The zero-order valence-corrected chi connectivity index (χ0v) is 11.5. The summed E-state index contributed by atoms with van der Waals surface area (Å²) in [5.74, 6) is 1.04. The summed E-state index contributed by atoms with van der Waals surface area (Å²) in [5, 5.41) is 3.64. The topological polar surface area (TPSA) is 44.0 Å². The number of para-hydroxylation sites is 2. The van der Waals surface area contributed by atoms with Crippen LogP contribution in [0.4, 0.5) is 0 Å². The van der Waals surface area contributed by atoms with Crippen LogP contribution in [0.2, 0.25) is 0 Å². The molecule has 1 aromatic heterocycles. The number of nitrogens with one attached hydrogen (secondary N) is 2. The molecule has 102 valence electrons. The van der Waals surface area contributed by atoms with Crippen molar-refractivity contribution in [3.63, 3.8) is 0 Å². The fraction of sp³-hybridized carbons (Fsp3) is 0.533. The lowest BCUT2D eigenvalue weighted by Gasteiger charge is -2.15. The van der Waals surface area contributed by atoms with Crippen molar-refractivity contribution in [2.24, 2.45) is 0 Å². The standard InChI is InChI=1S/C15H22N4/c1-19-9-4-5-12(8-10-19)16-11-15-17-13-6-2-3-7-14(13)18-15/h2-3,6-7,12,16H,4-5,8-11H2,1H3,(H,17,18). The Hall–Kier alpha value is -1.39. The van der Waals surface area contributed by atoms with Crippen molar-refractivity contribution in [3.05, 3.63) is 30.1 Å². The molecule has 0 aliphatic carbocycles. The van der Waals surface area contributed by atoms with Gasteiger partial charge in [-0.1, -0.05) is 12.1 Å². The molecular weight excluding hydrogens is 236 g/mol. The largest absolute Gasteiger partial charge is 0.341 e. The Kier molecular flexibility index (Phi) is 3.80. The van der Waals surface area contributed by atoms with Gasteiger partial charge in [0.05, 0.1) is 17.6 Å². The van der Waals surface area contributed by atoms with Crippen LogP contribution in [0.25, 0.3) is 11.0 Å². The molecule has 0 bridgehead atoms. The van der Waals surface area contributed by atoms with Gasteiger partial charge < -0.3 is 15.2 Å². The van der Waals surface area contributed by atoms with Crippen LogP contribution in [0.1, 0.15) is 25.1 Å². The molecule has 1 aliphatic rings. The Morgan fingerprint density at radius 1 is 1.32 bits per heavy atom. The number of likely N-dealkylation sites (tertiary alicyclic amines) is 1. The van der Waals surface area contributed by atoms with E-state index in [2.05, 4.69) is 39.4 Å². The van der Waals surface area contributed by atoms with Crippen LogP contribution in [-0.4, -0.2) is 41.0 Å². The molecule has 1 atom stereocenters. The Morgan fingerprint density at radius 2 is 2.21 bits per heavy atom. The third kappa shape index (κ3) is 3.14. The van der Waals surface area contributed by atoms with E-state index in [1.807, 2.05) is 12.1 Å². The highest BCUT2D eigenvalue weighted by Crippen LogP contribution is 2.12. The second-order valence-electron chi connectivity index (χ2n) is 5.51. The number of benzene rings is 1. The maximum Gasteiger partial charge on any atom is 0.121 e. The number of hydrogen-bond acceptors (Lipinski definition) is 3. The molecular formula is C15H22N4. The molecule has 2 heterocycles. The van der Waals surface area contributed by atoms with Crippen molar-refractivity contribution in [3.8, 4) is 0 Å². The van der Waals surface area contributed by atoms with Gasteiger partial charge in [-0.05, 0) is 51.5 Å². The first kappa shape index (κ1) is 12.6. The Morgan fingerprint density at radius 3 is 3.11 bits per heavy atom. The summed E-state index contributed by atoms with van der Waals surface area (Å²) in [5.41, 5.74) is 2.18. The lowest BCUT2D eigenvalue weighted by atomic mass is 10.1. The lowest BCUT2D eigenvalue weighted by Crippen LogP contribution is -2.30. The summed E-state index contributed by atoms with van der Waals surface area (Å²) in [6.45, 7) is 3.25. The Bertz CT molecular complexity index is 501. The van der Waals surface area contributed by atoms with Crippen molar-refractivity contribution >= 4 is 11.0 Å². The van der Waals surface area contributed by atoms with Crippen molar-refractivity contribution < 1.29 is 0 Å². The van der Waals surface area contributed by atoms with Crippen molar-refractivity contribution in [2.75, 3.05) is 20.1 Å². The molecule has 1 unspecified atom stereocenters. The van der Waals surface area contributed by atoms with E-state index in [1.165, 1.54) is 32.4 Å². The normalized spacial score (nSPS) is 21.6. The van der Waals surface area contributed by atoms with Crippen LogP contribution < -0.4 is 5.32 Å². The molecule has 1 saturated heterocycles. The van der Waals surface area contributed by atoms with Crippen LogP contribution >= 0.6 is 0 Å². The number of hydrogen-bond donors (Lipinski definition) is 2. The number of imidazole rings is 1. The van der Waals surface area contributed by atoms with Crippen molar-refractivity contribution in [1.82, 2.24) is 20.2 Å². The highest BCUT2D eigenvalue weighted by Gasteiger charge is 2.14. The van der Waals surface area contributed by atoms with Gasteiger partial charge in [0.2, 0.25) is 0 Å². The van der Waals surface area contributed by atoms with E-state index in [4.69, 9.17) is 0 Å². The summed E-state index contributed by atoms with van der Waals surface area (Å²) in [6.07, 6.45) is 3.79. The zero-order chi connectivity index (χ0) is 13.1. The first-order chi connectivity index (χ1) is 9.31. The van der Waals surface area contributed by atoms with Gasteiger partial charge in [-0.2, -0.15) is 0 Å². The fourth-order valence-electron chi connectivity index (χ4n) is 2.77. The molecule has 1 aromatic carbocycles. The minimum atomic E-state index is 0.623. The number of aromatic nitrogens is 2. The van der Waals surface area contributed by atoms with E-state index in [1.54, 1.807) is 0 Å². The summed E-state index contributed by atoms with van der Waals surface area (Å²) in [4.78, 5) is 10.4. The molecule has 2 aromatic rings. The van der Waals surface area contributed by atoms with E-state index in [9.17, 15) is 0 Å². The molecule has 2 N–H and O–H groups in total. The summed E-state index contributed by atoms with van der Waals surface area (Å²) in [7, 11) is 2.21. The van der Waals surface area contributed by atoms with E-state index in [-0.39, 0.29) is 0 Å². The lowest BCUT2D eigenvalue weighted by molar-refractivity contribution is 0.343. The summed E-state index contributed by atoms with van der Waals surface area (Å²) < 4.78 is 0. The van der Waals surface area contributed by atoms with Crippen LogP contribution in [0.3, 0.4) is 0 Å². The highest BCUT2D eigenvalue weighted by molar-refractivity contribution is 5.74. The highest BCUT2D eigenvalue weighted by atomic mass is 15.1. The predicted molar refractivity (Wildman–Crippen MR) is 78.1 cm³/mol. The number of fused-ring (bicyclic) bond motifs is 1. The van der Waals surface area contributed by atoms with Crippen LogP contribution in [-0.2, 0) is 6.54 Å². The number of aromatic amines is 1. The molecule has 1 aliphatic heterocycles. The molecule has 0 amide bonds. The molecule has 4 heteroatoms. The van der Waals surface area contributed by atoms with Gasteiger partial charge in [-0.15, -0.1) is 0 Å². The minimum absolute atomic E-state index is 0.623. The van der Waals surface area contributed by atoms with E-state index >= 15 is 0 Å². The number of rotatable bonds is 3. The summed E-state index contributed by atoms with van der Waals surface area (Å²) in [6, 6.07) is 8.82. The fourth-order valence-corrected chi connectivity index (χ4v) is 2.77. The quantitative estimate of drug-likeness (QED) is 0.886. The van der Waals surface area contributed by atoms with Gasteiger partial charge in [-0.3, -0.25) is 0 Å². The zero-order valence-electron chi connectivity index (χ0n) is 11.5. The maximum atomic E-state index is 4.61. The number of nitrogens with zero attached hydrogens (tertiary/aromatic N) is 2. The van der Waals surface area contributed by atoms with Gasteiger partial charge >= 0.3 is 0 Å². The monoisotopic (exact) mass is 258 g/mol. The minimum Gasteiger partial charge on any atom is -0.341 e. The van der Waals surface area contributed by atoms with Crippen molar-refractivity contribution in [1.29, 1.82) is 0 Å². The van der Waals surface area contributed by atoms with Crippen LogP contribution in [0, 0.1) is 0 Å². The predicted octanol–water partition coefficient (Wildman–Crippen LogP) is 2.14. The van der Waals surface area contributed by atoms with Gasteiger partial charge in [0.1, 0.15) is 5.82 Å². The average Bonchev–Trinajstić information content (AvgIpc) is 2.72. The molecule has 3 rings (SSSR count). The molecule has 4 nitrogen and oxygen atoms in total. The van der Waals surface area contributed by atoms with E-state index < -0.39 is 0 Å². The van der Waals surface area contributed by atoms with Crippen LogP contribution in [0.5, 0.6) is 0 Å². The van der Waals surface area contributed by atoms with Crippen LogP contribution in [0.15, 0.2) is 24.3 Å². The van der Waals surface area contributed by atoms with E-state index in [0.717, 1.165) is 23.4 Å². The average molecular weight is 258 g/mol. The number of H-pyrrole nitrogens is 1. The van der Waals surface area contributed by atoms with Crippen molar-refractivity contribution in [2.45, 2.75) is 31.8 Å². The molecule has 0 radical (unpaired) electrons. The molecule has 19 heavy (non-hydrogen) atoms. The summed E-state index contributed by atoms with van der Waals surface area (Å²) >= 11 is 0. The molecule has 1 fully saturated rings. The second kappa shape index (κ2) is 5.72. The third-order valence-electron chi connectivity index (χ3n) is 3.95. The van der Waals surface area contributed by atoms with E-state index in [0.29, 0.717) is 6.04 Å². The smallest absolute Gasteiger partial charge is 0.121 e. The van der Waals surface area contributed by atoms with Gasteiger partial charge in [-0.25, -0.2) is 4.98 Å². The molecule has 0 saturated carbocycles. The first-order valence-electron chi connectivity index (χ1n) is 7.17. The van der Waals surface area contributed by atoms with Gasteiger partial charge in [0.25, 0.3) is 0 Å². The van der Waals surface area contributed by atoms with Gasteiger partial charge in [0.15, 0.2) is 0 Å².